The van der Waals surface area contributed by atoms with Crippen molar-refractivity contribution in [3.05, 3.63) is 88.0 Å². The zero-order valence-corrected chi connectivity index (χ0v) is 20.6. The number of ether oxygens (including phenoxy) is 1. The van der Waals surface area contributed by atoms with E-state index < -0.39 is 5.91 Å². The smallest absolute Gasteiger partial charge is 0.276 e. The van der Waals surface area contributed by atoms with Crippen molar-refractivity contribution in [2.75, 3.05) is 10.6 Å². The lowest BCUT2D eigenvalue weighted by Gasteiger charge is -2.11. The van der Waals surface area contributed by atoms with Crippen LogP contribution in [0.5, 0.6) is 5.75 Å². The van der Waals surface area contributed by atoms with Crippen LogP contribution in [0.3, 0.4) is 0 Å². The summed E-state index contributed by atoms with van der Waals surface area (Å²) in [6.45, 7) is 4.05. The highest BCUT2D eigenvalue weighted by Crippen LogP contribution is 2.23. The van der Waals surface area contributed by atoms with Gasteiger partial charge in [-0.1, -0.05) is 23.7 Å². The number of aryl methyl sites for hydroxylation is 3. The number of amides is 2. The molecule has 4 aromatic rings. The minimum atomic E-state index is -0.406. The molecule has 0 aliphatic carbocycles. The molecule has 0 bridgehead atoms. The molecule has 0 aliphatic heterocycles. The monoisotopic (exact) mass is 492 g/mol. The number of aromatic nitrogens is 4. The minimum Gasteiger partial charge on any atom is -0.489 e. The molecule has 0 saturated carbocycles. The van der Waals surface area contributed by atoms with Gasteiger partial charge in [0.1, 0.15) is 18.1 Å². The summed E-state index contributed by atoms with van der Waals surface area (Å²) < 4.78 is 8.96. The summed E-state index contributed by atoms with van der Waals surface area (Å²) in [6.07, 6.45) is 3.01. The van der Waals surface area contributed by atoms with Crippen molar-refractivity contribution in [3.63, 3.8) is 0 Å². The number of nitrogens with one attached hydrogen (secondary N) is 2. The van der Waals surface area contributed by atoms with Crippen LogP contribution in [0.2, 0.25) is 5.02 Å². The summed E-state index contributed by atoms with van der Waals surface area (Å²) in [5, 5.41) is 14.5. The number of hydrogen-bond donors (Lipinski definition) is 2. The summed E-state index contributed by atoms with van der Waals surface area (Å²) in [5.41, 5.74) is 4.09. The first-order chi connectivity index (χ1) is 16.7. The van der Waals surface area contributed by atoms with Crippen LogP contribution < -0.4 is 15.4 Å². The van der Waals surface area contributed by atoms with Crippen LogP contribution in [-0.4, -0.2) is 31.4 Å². The molecule has 35 heavy (non-hydrogen) atoms. The van der Waals surface area contributed by atoms with Crippen molar-refractivity contribution in [2.24, 2.45) is 14.1 Å². The Bertz CT molecular complexity index is 1410. The van der Waals surface area contributed by atoms with Gasteiger partial charge in [0.05, 0.1) is 29.5 Å². The van der Waals surface area contributed by atoms with E-state index in [-0.39, 0.29) is 18.2 Å². The van der Waals surface area contributed by atoms with E-state index in [9.17, 15) is 9.59 Å². The molecule has 180 valence electrons. The number of carbonyl (C=O) groups excluding carboxylic acids is 2. The molecule has 0 atom stereocenters. The Balaban J connectivity index is 1.46. The second-order valence-electron chi connectivity index (χ2n) is 8.10. The molecule has 0 saturated heterocycles. The Morgan fingerprint density at radius 1 is 0.943 bits per heavy atom. The van der Waals surface area contributed by atoms with Crippen LogP contribution in [-0.2, 0) is 20.7 Å². The lowest BCUT2D eigenvalue weighted by atomic mass is 10.1. The highest BCUT2D eigenvalue weighted by atomic mass is 35.5. The number of anilines is 2. The fourth-order valence-corrected chi connectivity index (χ4v) is 3.76. The van der Waals surface area contributed by atoms with Crippen molar-refractivity contribution < 1.29 is 14.3 Å². The highest BCUT2D eigenvalue weighted by molar-refractivity contribution is 6.30. The van der Waals surface area contributed by atoms with E-state index in [0.717, 1.165) is 22.6 Å². The SMILES string of the molecule is Cc1cc(Cl)ccc1OCc1cccc(C(=O)Nc2cnn(C)c2C(=O)Nc2cnn(C)c2C)c1. The first kappa shape index (κ1) is 24.0. The summed E-state index contributed by atoms with van der Waals surface area (Å²) in [4.78, 5) is 25.9. The molecule has 0 radical (unpaired) electrons. The minimum absolute atomic E-state index is 0.222. The molecule has 4 rings (SSSR count). The van der Waals surface area contributed by atoms with E-state index in [4.69, 9.17) is 16.3 Å². The molecule has 2 aromatic carbocycles. The molecule has 10 heteroatoms. The van der Waals surface area contributed by atoms with Gasteiger partial charge >= 0.3 is 0 Å². The number of carbonyl (C=O) groups is 2. The van der Waals surface area contributed by atoms with Crippen LogP contribution in [0.4, 0.5) is 11.4 Å². The van der Waals surface area contributed by atoms with Gasteiger partial charge < -0.3 is 15.4 Å². The lowest BCUT2D eigenvalue weighted by Crippen LogP contribution is -2.20. The number of hydrogen-bond acceptors (Lipinski definition) is 5. The van der Waals surface area contributed by atoms with Crippen molar-refractivity contribution in [1.29, 1.82) is 0 Å². The van der Waals surface area contributed by atoms with E-state index in [1.807, 2.05) is 32.0 Å². The van der Waals surface area contributed by atoms with Crippen LogP contribution in [0.25, 0.3) is 0 Å². The van der Waals surface area contributed by atoms with Gasteiger partial charge in [0, 0.05) is 24.7 Å². The molecular formula is C25H25ClN6O3. The molecular weight excluding hydrogens is 468 g/mol. The number of nitrogens with zero attached hydrogens (tertiary/aromatic N) is 4. The summed E-state index contributed by atoms with van der Waals surface area (Å²) in [7, 11) is 3.42. The van der Waals surface area contributed by atoms with Gasteiger partial charge in [-0.2, -0.15) is 10.2 Å². The number of rotatable bonds is 7. The summed E-state index contributed by atoms with van der Waals surface area (Å²) in [6, 6.07) is 12.5. The molecule has 0 fully saturated rings. The van der Waals surface area contributed by atoms with Gasteiger partial charge in [-0.05, 0) is 55.3 Å². The molecule has 0 spiro atoms. The fraction of sp³-hybridized carbons (Fsp3) is 0.200. The first-order valence-corrected chi connectivity index (χ1v) is 11.2. The average molecular weight is 493 g/mol. The molecule has 0 aliphatic rings. The quantitative estimate of drug-likeness (QED) is 0.395. The highest BCUT2D eigenvalue weighted by Gasteiger charge is 2.21. The molecule has 2 amide bonds. The van der Waals surface area contributed by atoms with Crippen LogP contribution in [0, 0.1) is 13.8 Å². The third kappa shape index (κ3) is 5.36. The Labute approximate surface area is 207 Å². The van der Waals surface area contributed by atoms with E-state index in [1.54, 1.807) is 49.2 Å². The third-order valence-electron chi connectivity index (χ3n) is 5.61. The van der Waals surface area contributed by atoms with Gasteiger partial charge in [-0.25, -0.2) is 0 Å². The average Bonchev–Trinajstić information content (AvgIpc) is 3.35. The van der Waals surface area contributed by atoms with Gasteiger partial charge in [0.2, 0.25) is 0 Å². The van der Waals surface area contributed by atoms with Crippen LogP contribution >= 0.6 is 11.6 Å². The van der Waals surface area contributed by atoms with Crippen molar-refractivity contribution in [2.45, 2.75) is 20.5 Å². The Hall–Kier alpha value is -4.11. The summed E-state index contributed by atoms with van der Waals surface area (Å²) in [5.74, 6) is -0.0508. The largest absolute Gasteiger partial charge is 0.489 e. The lowest BCUT2D eigenvalue weighted by molar-refractivity contribution is 0.101. The van der Waals surface area contributed by atoms with Crippen LogP contribution in [0.15, 0.2) is 54.9 Å². The maximum atomic E-state index is 13.0. The Morgan fingerprint density at radius 2 is 1.66 bits per heavy atom. The normalized spacial score (nSPS) is 10.8. The van der Waals surface area contributed by atoms with E-state index in [0.29, 0.717) is 22.0 Å². The molecule has 2 heterocycles. The maximum Gasteiger partial charge on any atom is 0.276 e. The standard InChI is InChI=1S/C25H25ClN6O3/c1-15-10-19(26)8-9-22(15)35-14-17-6-5-7-18(11-17)24(33)30-21-13-28-32(4)23(21)25(34)29-20-12-27-31(3)16(20)2/h5-13H,14H2,1-4H3,(H,29,34)(H,30,33). The topological polar surface area (TPSA) is 103 Å². The number of benzene rings is 2. The predicted molar refractivity (Wildman–Crippen MR) is 134 cm³/mol. The van der Waals surface area contributed by atoms with E-state index in [1.165, 1.54) is 10.9 Å². The molecule has 0 unspecified atom stereocenters. The first-order valence-electron chi connectivity index (χ1n) is 10.8. The molecule has 9 nitrogen and oxygen atoms in total. The van der Waals surface area contributed by atoms with Crippen molar-refractivity contribution in [1.82, 2.24) is 19.6 Å². The Morgan fingerprint density at radius 3 is 2.37 bits per heavy atom. The molecule has 2 aromatic heterocycles. The second kappa shape index (κ2) is 10.0. The maximum absolute atomic E-state index is 13.0. The van der Waals surface area contributed by atoms with Crippen molar-refractivity contribution in [3.8, 4) is 5.75 Å². The molecule has 2 N–H and O–H groups in total. The third-order valence-corrected chi connectivity index (χ3v) is 5.84. The predicted octanol–water partition coefficient (Wildman–Crippen LogP) is 4.51. The summed E-state index contributed by atoms with van der Waals surface area (Å²) >= 11 is 6.00. The van der Waals surface area contributed by atoms with Gasteiger partial charge in [-0.15, -0.1) is 0 Å². The van der Waals surface area contributed by atoms with Gasteiger partial charge in [0.15, 0.2) is 0 Å². The van der Waals surface area contributed by atoms with Crippen molar-refractivity contribution >= 4 is 34.8 Å². The second-order valence-corrected chi connectivity index (χ2v) is 8.54. The van der Waals surface area contributed by atoms with E-state index >= 15 is 0 Å². The Kier molecular flexibility index (Phi) is 6.88. The number of halogens is 1. The zero-order valence-electron chi connectivity index (χ0n) is 19.8. The van der Waals surface area contributed by atoms with Gasteiger partial charge in [-0.3, -0.25) is 19.0 Å². The van der Waals surface area contributed by atoms with E-state index in [2.05, 4.69) is 20.8 Å². The van der Waals surface area contributed by atoms with Crippen LogP contribution in [0.1, 0.15) is 37.7 Å². The van der Waals surface area contributed by atoms with Gasteiger partial charge in [0.25, 0.3) is 11.8 Å². The fourth-order valence-electron chi connectivity index (χ4n) is 3.53. The zero-order chi connectivity index (χ0) is 25.1.